The van der Waals surface area contributed by atoms with Crippen molar-refractivity contribution >= 4 is 34.8 Å². The Hall–Kier alpha value is -1.71. The number of carbonyl (C=O) groups excluding carboxylic acids is 1. The summed E-state index contributed by atoms with van der Waals surface area (Å²) >= 11 is 11.8. The predicted octanol–water partition coefficient (Wildman–Crippen LogP) is 4.01. The highest BCUT2D eigenvalue weighted by Gasteiger charge is 2.08. The van der Waals surface area contributed by atoms with E-state index in [4.69, 9.17) is 28.9 Å². The van der Waals surface area contributed by atoms with Gasteiger partial charge in [-0.3, -0.25) is 4.79 Å². The van der Waals surface area contributed by atoms with Gasteiger partial charge in [-0.2, -0.15) is 0 Å². The molecule has 20 heavy (non-hydrogen) atoms. The standard InChI is InChI=1S/C15H14Cl2N2O/c1-9-11(15(18)20)3-2-4-14(9)19-8-10-5-6-12(16)13(17)7-10/h2-7,19H,8H2,1H3,(H2,18,20). The lowest BCUT2D eigenvalue weighted by Gasteiger charge is -2.12. The Labute approximate surface area is 127 Å². The maximum absolute atomic E-state index is 11.3. The van der Waals surface area contributed by atoms with E-state index in [9.17, 15) is 4.79 Å². The van der Waals surface area contributed by atoms with Gasteiger partial charge in [-0.1, -0.05) is 35.3 Å². The summed E-state index contributed by atoms with van der Waals surface area (Å²) in [5.74, 6) is -0.430. The number of nitrogens with two attached hydrogens (primary N) is 1. The SMILES string of the molecule is Cc1c(NCc2ccc(Cl)c(Cl)c2)cccc1C(N)=O. The second-order valence-corrected chi connectivity index (χ2v) is 5.26. The van der Waals surface area contributed by atoms with E-state index in [1.807, 2.05) is 25.1 Å². The molecule has 0 atom stereocenters. The number of rotatable bonds is 4. The Morgan fingerprint density at radius 2 is 1.95 bits per heavy atom. The summed E-state index contributed by atoms with van der Waals surface area (Å²) in [6.07, 6.45) is 0. The van der Waals surface area contributed by atoms with Gasteiger partial charge in [0.2, 0.25) is 5.91 Å². The number of amides is 1. The molecule has 0 unspecified atom stereocenters. The molecular weight excluding hydrogens is 295 g/mol. The van der Waals surface area contributed by atoms with Crippen LogP contribution in [0, 0.1) is 6.92 Å². The van der Waals surface area contributed by atoms with Crippen molar-refractivity contribution in [1.82, 2.24) is 0 Å². The van der Waals surface area contributed by atoms with Crippen molar-refractivity contribution in [1.29, 1.82) is 0 Å². The lowest BCUT2D eigenvalue weighted by atomic mass is 10.1. The number of nitrogens with one attached hydrogen (secondary N) is 1. The van der Waals surface area contributed by atoms with E-state index in [-0.39, 0.29) is 0 Å². The van der Waals surface area contributed by atoms with Crippen LogP contribution in [0.4, 0.5) is 5.69 Å². The van der Waals surface area contributed by atoms with Crippen molar-refractivity contribution < 1.29 is 4.79 Å². The van der Waals surface area contributed by atoms with Gasteiger partial charge in [0.05, 0.1) is 10.0 Å². The van der Waals surface area contributed by atoms with Gasteiger partial charge in [0.25, 0.3) is 0 Å². The molecule has 3 N–H and O–H groups in total. The fraction of sp³-hybridized carbons (Fsp3) is 0.133. The molecule has 0 saturated heterocycles. The number of primary amides is 1. The molecule has 0 aliphatic carbocycles. The molecule has 104 valence electrons. The van der Waals surface area contributed by atoms with Crippen molar-refractivity contribution in [2.45, 2.75) is 13.5 Å². The average molecular weight is 309 g/mol. The second-order valence-electron chi connectivity index (χ2n) is 4.44. The van der Waals surface area contributed by atoms with Crippen molar-refractivity contribution in [2.75, 3.05) is 5.32 Å². The molecule has 0 aromatic heterocycles. The zero-order valence-electron chi connectivity index (χ0n) is 10.9. The first kappa shape index (κ1) is 14.7. The number of halogens is 2. The monoisotopic (exact) mass is 308 g/mol. The minimum Gasteiger partial charge on any atom is -0.381 e. The van der Waals surface area contributed by atoms with Crippen LogP contribution in [0.1, 0.15) is 21.5 Å². The second kappa shape index (κ2) is 6.16. The van der Waals surface area contributed by atoms with Gasteiger partial charge < -0.3 is 11.1 Å². The van der Waals surface area contributed by atoms with Gasteiger partial charge in [-0.15, -0.1) is 0 Å². The molecule has 2 rings (SSSR count). The zero-order chi connectivity index (χ0) is 14.7. The molecule has 5 heteroatoms. The van der Waals surface area contributed by atoms with E-state index in [0.29, 0.717) is 22.2 Å². The van der Waals surface area contributed by atoms with Crippen LogP contribution in [-0.2, 0) is 6.54 Å². The highest BCUT2D eigenvalue weighted by atomic mass is 35.5. The number of carbonyl (C=O) groups is 1. The first-order valence-electron chi connectivity index (χ1n) is 6.06. The molecule has 0 heterocycles. The highest BCUT2D eigenvalue weighted by Crippen LogP contribution is 2.24. The first-order valence-corrected chi connectivity index (χ1v) is 6.82. The van der Waals surface area contributed by atoms with Crippen LogP contribution < -0.4 is 11.1 Å². The molecule has 1 amide bonds. The Bertz CT molecular complexity index is 656. The quantitative estimate of drug-likeness (QED) is 0.896. The van der Waals surface area contributed by atoms with E-state index < -0.39 is 5.91 Å². The van der Waals surface area contributed by atoms with Gasteiger partial charge >= 0.3 is 0 Å². The van der Waals surface area contributed by atoms with Gasteiger partial charge in [0.15, 0.2) is 0 Å². The Morgan fingerprint density at radius 1 is 1.20 bits per heavy atom. The largest absolute Gasteiger partial charge is 0.381 e. The molecule has 0 radical (unpaired) electrons. The lowest BCUT2D eigenvalue weighted by molar-refractivity contribution is 0.1000. The molecule has 2 aromatic carbocycles. The van der Waals surface area contributed by atoms with Gasteiger partial charge in [-0.25, -0.2) is 0 Å². The third-order valence-corrected chi connectivity index (χ3v) is 3.81. The normalized spacial score (nSPS) is 10.3. The van der Waals surface area contributed by atoms with Crippen LogP contribution in [0.3, 0.4) is 0 Å². The summed E-state index contributed by atoms with van der Waals surface area (Å²) in [6.45, 7) is 2.44. The highest BCUT2D eigenvalue weighted by molar-refractivity contribution is 6.42. The average Bonchev–Trinajstić information content (AvgIpc) is 2.41. The number of benzene rings is 2. The van der Waals surface area contributed by atoms with Gasteiger partial charge in [-0.05, 0) is 42.3 Å². The molecule has 0 spiro atoms. The van der Waals surface area contributed by atoms with Crippen molar-refractivity contribution in [3.63, 3.8) is 0 Å². The maximum Gasteiger partial charge on any atom is 0.249 e. The first-order chi connectivity index (χ1) is 9.49. The minimum absolute atomic E-state index is 0.430. The fourth-order valence-corrected chi connectivity index (χ4v) is 2.26. The molecule has 0 fully saturated rings. The van der Waals surface area contributed by atoms with Crippen LogP contribution in [0.5, 0.6) is 0 Å². The van der Waals surface area contributed by atoms with Crippen molar-refractivity contribution in [3.8, 4) is 0 Å². The summed E-state index contributed by atoms with van der Waals surface area (Å²) in [4.78, 5) is 11.3. The third-order valence-electron chi connectivity index (χ3n) is 3.07. The van der Waals surface area contributed by atoms with Gasteiger partial charge in [0.1, 0.15) is 0 Å². The number of hydrogen-bond donors (Lipinski definition) is 2. The summed E-state index contributed by atoms with van der Waals surface area (Å²) in [7, 11) is 0. The summed E-state index contributed by atoms with van der Waals surface area (Å²) in [5, 5.41) is 4.31. The Kier molecular flexibility index (Phi) is 4.53. The fourth-order valence-electron chi connectivity index (χ4n) is 1.94. The van der Waals surface area contributed by atoms with E-state index in [1.54, 1.807) is 18.2 Å². The number of anilines is 1. The van der Waals surface area contributed by atoms with Crippen LogP contribution >= 0.6 is 23.2 Å². The lowest BCUT2D eigenvalue weighted by Crippen LogP contribution is -2.13. The Morgan fingerprint density at radius 3 is 2.60 bits per heavy atom. The molecule has 0 bridgehead atoms. The Balaban J connectivity index is 2.17. The molecule has 0 saturated carbocycles. The van der Waals surface area contributed by atoms with E-state index >= 15 is 0 Å². The molecular formula is C15H14Cl2N2O. The van der Waals surface area contributed by atoms with E-state index in [0.717, 1.165) is 16.8 Å². The molecule has 0 aliphatic rings. The van der Waals surface area contributed by atoms with Crippen molar-refractivity contribution in [3.05, 3.63) is 63.1 Å². The van der Waals surface area contributed by atoms with Crippen LogP contribution in [0.25, 0.3) is 0 Å². The van der Waals surface area contributed by atoms with E-state index in [2.05, 4.69) is 5.32 Å². The third kappa shape index (κ3) is 3.24. The van der Waals surface area contributed by atoms with Crippen LogP contribution in [0.2, 0.25) is 10.0 Å². The summed E-state index contributed by atoms with van der Waals surface area (Å²) < 4.78 is 0. The van der Waals surface area contributed by atoms with Crippen LogP contribution in [0.15, 0.2) is 36.4 Å². The molecule has 0 aliphatic heterocycles. The van der Waals surface area contributed by atoms with Crippen LogP contribution in [-0.4, -0.2) is 5.91 Å². The van der Waals surface area contributed by atoms with E-state index in [1.165, 1.54) is 0 Å². The minimum atomic E-state index is -0.430. The topological polar surface area (TPSA) is 55.1 Å². The molecule has 2 aromatic rings. The van der Waals surface area contributed by atoms with Gasteiger partial charge in [0, 0.05) is 17.8 Å². The summed E-state index contributed by atoms with van der Waals surface area (Å²) in [6, 6.07) is 10.9. The zero-order valence-corrected chi connectivity index (χ0v) is 12.4. The molecule has 3 nitrogen and oxygen atoms in total. The number of hydrogen-bond acceptors (Lipinski definition) is 2. The van der Waals surface area contributed by atoms with Crippen molar-refractivity contribution in [2.24, 2.45) is 5.73 Å². The summed E-state index contributed by atoms with van der Waals surface area (Å²) in [5.41, 5.74) is 8.55. The smallest absolute Gasteiger partial charge is 0.249 e. The predicted molar refractivity (Wildman–Crippen MR) is 83.5 cm³/mol. The maximum atomic E-state index is 11.3.